The number of aryl methyl sites for hydroxylation is 1. The lowest BCUT2D eigenvalue weighted by molar-refractivity contribution is 0.0949. The van der Waals surface area contributed by atoms with Crippen LogP contribution >= 0.6 is 11.6 Å². The van der Waals surface area contributed by atoms with Crippen molar-refractivity contribution in [2.75, 3.05) is 6.54 Å². The summed E-state index contributed by atoms with van der Waals surface area (Å²) in [5.41, 5.74) is 2.52. The number of hydrogen-bond donors (Lipinski definition) is 3. The van der Waals surface area contributed by atoms with Crippen LogP contribution in [0.5, 0.6) is 5.75 Å². The number of phenols is 1. The fourth-order valence-electron chi connectivity index (χ4n) is 2.47. The number of rotatable bonds is 5. The zero-order chi connectivity index (χ0) is 16.2. The maximum atomic E-state index is 12.1. The van der Waals surface area contributed by atoms with E-state index in [1.165, 1.54) is 0 Å². The maximum Gasteiger partial charge on any atom is 0.267 e. The SMILES string of the molecule is O=C(NCCCc1ccc(O)cc1)c1cc2ccc(Cl)cc2[nH]1. The molecule has 0 atom stereocenters. The molecule has 2 aromatic carbocycles. The van der Waals surface area contributed by atoms with Gasteiger partial charge in [0.1, 0.15) is 11.4 Å². The molecule has 118 valence electrons. The summed E-state index contributed by atoms with van der Waals surface area (Å²) in [6.45, 7) is 0.593. The van der Waals surface area contributed by atoms with E-state index in [-0.39, 0.29) is 11.7 Å². The Labute approximate surface area is 139 Å². The maximum absolute atomic E-state index is 12.1. The van der Waals surface area contributed by atoms with Gasteiger partial charge in [-0.3, -0.25) is 4.79 Å². The molecular formula is C18H17ClN2O2. The summed E-state index contributed by atoms with van der Waals surface area (Å²) >= 11 is 5.94. The van der Waals surface area contributed by atoms with Crippen molar-refractivity contribution in [3.63, 3.8) is 0 Å². The van der Waals surface area contributed by atoms with Crippen molar-refractivity contribution in [1.82, 2.24) is 10.3 Å². The largest absolute Gasteiger partial charge is 0.508 e. The van der Waals surface area contributed by atoms with Gasteiger partial charge in [0.2, 0.25) is 0 Å². The Kier molecular flexibility index (Phi) is 4.53. The summed E-state index contributed by atoms with van der Waals surface area (Å²) in [4.78, 5) is 15.2. The molecule has 3 rings (SSSR count). The number of nitrogens with one attached hydrogen (secondary N) is 2. The second kappa shape index (κ2) is 6.75. The third-order valence-electron chi connectivity index (χ3n) is 3.69. The molecule has 0 aliphatic rings. The number of phenolic OH excluding ortho intramolecular Hbond substituents is 1. The van der Waals surface area contributed by atoms with Crippen molar-refractivity contribution in [1.29, 1.82) is 0 Å². The van der Waals surface area contributed by atoms with Crippen molar-refractivity contribution < 1.29 is 9.90 Å². The highest BCUT2D eigenvalue weighted by Gasteiger charge is 2.09. The number of carbonyl (C=O) groups excluding carboxylic acids is 1. The van der Waals surface area contributed by atoms with Crippen molar-refractivity contribution in [2.45, 2.75) is 12.8 Å². The molecule has 0 bridgehead atoms. The third kappa shape index (κ3) is 3.85. The average Bonchev–Trinajstić information content (AvgIpc) is 2.96. The lowest BCUT2D eigenvalue weighted by atomic mass is 10.1. The Hall–Kier alpha value is -2.46. The minimum atomic E-state index is -0.122. The fourth-order valence-corrected chi connectivity index (χ4v) is 2.65. The Morgan fingerprint density at radius 1 is 1.13 bits per heavy atom. The molecule has 1 aromatic heterocycles. The standard InChI is InChI=1S/C18H17ClN2O2/c19-14-6-5-13-10-17(21-16(13)11-14)18(23)20-9-1-2-12-3-7-15(22)8-4-12/h3-8,10-11,21-22H,1-2,9H2,(H,20,23). The van der Waals surface area contributed by atoms with E-state index in [1.807, 2.05) is 24.3 Å². The van der Waals surface area contributed by atoms with Crippen LogP contribution in [0.2, 0.25) is 5.02 Å². The van der Waals surface area contributed by atoms with Crippen LogP contribution in [0, 0.1) is 0 Å². The van der Waals surface area contributed by atoms with E-state index < -0.39 is 0 Å². The second-order valence-electron chi connectivity index (χ2n) is 5.44. The van der Waals surface area contributed by atoms with Gasteiger partial charge in [-0.05, 0) is 48.7 Å². The Bertz CT molecular complexity index is 825. The van der Waals surface area contributed by atoms with Crippen molar-refractivity contribution in [3.05, 3.63) is 64.8 Å². The number of H-pyrrole nitrogens is 1. The molecule has 0 fully saturated rings. The number of benzene rings is 2. The second-order valence-corrected chi connectivity index (χ2v) is 5.88. The first kappa shape index (κ1) is 15.4. The topological polar surface area (TPSA) is 65.1 Å². The molecule has 0 aliphatic carbocycles. The van der Waals surface area contributed by atoms with Crippen molar-refractivity contribution in [3.8, 4) is 5.75 Å². The van der Waals surface area contributed by atoms with Gasteiger partial charge in [0.15, 0.2) is 0 Å². The van der Waals surface area contributed by atoms with Crippen molar-refractivity contribution >= 4 is 28.4 Å². The van der Waals surface area contributed by atoms with E-state index in [0.29, 0.717) is 17.3 Å². The number of fused-ring (bicyclic) bond motifs is 1. The van der Waals surface area contributed by atoms with Crippen LogP contribution in [-0.2, 0) is 6.42 Å². The van der Waals surface area contributed by atoms with Crippen molar-refractivity contribution in [2.24, 2.45) is 0 Å². The van der Waals surface area contributed by atoms with Gasteiger partial charge < -0.3 is 15.4 Å². The van der Waals surface area contributed by atoms with Gasteiger partial charge >= 0.3 is 0 Å². The average molecular weight is 329 g/mol. The molecule has 0 radical (unpaired) electrons. The lowest BCUT2D eigenvalue weighted by Crippen LogP contribution is -2.25. The highest BCUT2D eigenvalue weighted by molar-refractivity contribution is 6.31. The fraction of sp³-hybridized carbons (Fsp3) is 0.167. The highest BCUT2D eigenvalue weighted by Crippen LogP contribution is 2.19. The lowest BCUT2D eigenvalue weighted by Gasteiger charge is -2.04. The molecular weight excluding hydrogens is 312 g/mol. The van der Waals surface area contributed by atoms with Crippen LogP contribution in [0.4, 0.5) is 0 Å². The van der Waals surface area contributed by atoms with Gasteiger partial charge in [-0.15, -0.1) is 0 Å². The van der Waals surface area contributed by atoms with E-state index in [1.54, 1.807) is 24.3 Å². The predicted octanol–water partition coefficient (Wildman–Crippen LogP) is 3.89. The molecule has 0 spiro atoms. The zero-order valence-corrected chi connectivity index (χ0v) is 13.2. The van der Waals surface area contributed by atoms with Crippen LogP contribution in [0.1, 0.15) is 22.5 Å². The first-order chi connectivity index (χ1) is 11.1. The molecule has 0 saturated heterocycles. The molecule has 3 N–H and O–H groups in total. The summed E-state index contributed by atoms with van der Waals surface area (Å²) in [5.74, 6) is 0.143. The van der Waals surface area contributed by atoms with Crippen LogP contribution < -0.4 is 5.32 Å². The summed E-state index contributed by atoms with van der Waals surface area (Å²) in [6, 6.07) is 14.4. The van der Waals surface area contributed by atoms with Gasteiger partial charge in [0, 0.05) is 22.5 Å². The summed E-state index contributed by atoms with van der Waals surface area (Å²) < 4.78 is 0. The number of aromatic amines is 1. The predicted molar refractivity (Wildman–Crippen MR) is 92.1 cm³/mol. The minimum absolute atomic E-state index is 0.122. The van der Waals surface area contributed by atoms with E-state index in [2.05, 4.69) is 10.3 Å². The summed E-state index contributed by atoms with van der Waals surface area (Å²) in [5, 5.41) is 13.7. The van der Waals surface area contributed by atoms with E-state index in [0.717, 1.165) is 29.3 Å². The number of halogens is 1. The number of carbonyl (C=O) groups is 1. The molecule has 1 amide bonds. The molecule has 4 nitrogen and oxygen atoms in total. The van der Waals surface area contributed by atoms with Gasteiger partial charge in [-0.25, -0.2) is 0 Å². The molecule has 0 unspecified atom stereocenters. The number of amides is 1. The van der Waals surface area contributed by atoms with Gasteiger partial charge in [0.05, 0.1) is 0 Å². The van der Waals surface area contributed by atoms with E-state index in [9.17, 15) is 9.90 Å². The van der Waals surface area contributed by atoms with Crippen LogP contribution in [-0.4, -0.2) is 22.5 Å². The number of hydrogen-bond acceptors (Lipinski definition) is 2. The van der Waals surface area contributed by atoms with E-state index >= 15 is 0 Å². The van der Waals surface area contributed by atoms with Crippen LogP contribution in [0.15, 0.2) is 48.5 Å². The Morgan fingerprint density at radius 2 is 1.91 bits per heavy atom. The third-order valence-corrected chi connectivity index (χ3v) is 3.93. The quantitative estimate of drug-likeness (QED) is 0.622. The molecule has 23 heavy (non-hydrogen) atoms. The normalized spacial score (nSPS) is 10.8. The highest BCUT2D eigenvalue weighted by atomic mass is 35.5. The molecule has 0 aliphatic heterocycles. The Balaban J connectivity index is 1.53. The van der Waals surface area contributed by atoms with E-state index in [4.69, 9.17) is 11.6 Å². The van der Waals surface area contributed by atoms with Crippen LogP contribution in [0.25, 0.3) is 10.9 Å². The molecule has 1 heterocycles. The first-order valence-electron chi connectivity index (χ1n) is 7.46. The smallest absolute Gasteiger partial charge is 0.267 e. The van der Waals surface area contributed by atoms with Gasteiger partial charge in [0.25, 0.3) is 5.91 Å². The first-order valence-corrected chi connectivity index (χ1v) is 7.84. The zero-order valence-electron chi connectivity index (χ0n) is 12.5. The minimum Gasteiger partial charge on any atom is -0.508 e. The summed E-state index contributed by atoms with van der Waals surface area (Å²) in [7, 11) is 0. The molecule has 5 heteroatoms. The van der Waals surface area contributed by atoms with Crippen LogP contribution in [0.3, 0.4) is 0 Å². The summed E-state index contributed by atoms with van der Waals surface area (Å²) in [6.07, 6.45) is 1.69. The number of aromatic nitrogens is 1. The van der Waals surface area contributed by atoms with Gasteiger partial charge in [-0.1, -0.05) is 29.8 Å². The molecule has 3 aromatic rings. The molecule has 0 saturated carbocycles. The van der Waals surface area contributed by atoms with Gasteiger partial charge in [-0.2, -0.15) is 0 Å². The monoisotopic (exact) mass is 328 g/mol. The Morgan fingerprint density at radius 3 is 2.70 bits per heavy atom. The number of aromatic hydroxyl groups is 1.